The number of benzene rings is 2. The number of anilines is 2. The third-order valence-corrected chi connectivity index (χ3v) is 3.75. The van der Waals surface area contributed by atoms with Crippen molar-refractivity contribution in [2.45, 2.75) is 19.8 Å². The first-order chi connectivity index (χ1) is 12.5. The number of ketones is 1. The van der Waals surface area contributed by atoms with E-state index in [1.807, 2.05) is 6.07 Å². The minimum Gasteiger partial charge on any atom is -0.449 e. The monoisotopic (exact) mass is 354 g/mol. The van der Waals surface area contributed by atoms with E-state index in [-0.39, 0.29) is 24.5 Å². The maximum absolute atomic E-state index is 12.0. The molecule has 6 heteroatoms. The van der Waals surface area contributed by atoms with E-state index in [2.05, 4.69) is 5.32 Å². The summed E-state index contributed by atoms with van der Waals surface area (Å²) < 4.78 is 4.93. The van der Waals surface area contributed by atoms with Crippen LogP contribution in [0.15, 0.2) is 54.6 Å². The van der Waals surface area contributed by atoms with Crippen molar-refractivity contribution in [3.63, 3.8) is 0 Å². The molecule has 0 spiro atoms. The van der Waals surface area contributed by atoms with Crippen molar-refractivity contribution in [1.82, 2.24) is 0 Å². The van der Waals surface area contributed by atoms with E-state index in [0.29, 0.717) is 23.5 Å². The summed E-state index contributed by atoms with van der Waals surface area (Å²) in [6, 6.07) is 15.7. The molecule has 0 fully saturated rings. The number of ether oxygens (including phenoxy) is 1. The minimum atomic E-state index is -0.441. The summed E-state index contributed by atoms with van der Waals surface area (Å²) in [5, 5.41) is 2.74. The first kappa shape index (κ1) is 19.2. The molecule has 2 aromatic carbocycles. The second-order valence-electron chi connectivity index (χ2n) is 5.64. The Labute approximate surface area is 152 Å². The topological polar surface area (TPSA) is 75.7 Å². The second-order valence-corrected chi connectivity index (χ2v) is 5.64. The van der Waals surface area contributed by atoms with Gasteiger partial charge in [-0.25, -0.2) is 4.79 Å². The van der Waals surface area contributed by atoms with E-state index < -0.39 is 6.09 Å². The molecule has 1 N–H and O–H groups in total. The maximum Gasteiger partial charge on any atom is 0.413 e. The van der Waals surface area contributed by atoms with Crippen LogP contribution in [0.4, 0.5) is 16.2 Å². The van der Waals surface area contributed by atoms with Crippen molar-refractivity contribution >= 4 is 29.2 Å². The van der Waals surface area contributed by atoms with Gasteiger partial charge in [-0.1, -0.05) is 30.3 Å². The van der Waals surface area contributed by atoms with Gasteiger partial charge in [-0.05, 0) is 31.2 Å². The van der Waals surface area contributed by atoms with Gasteiger partial charge in [-0.2, -0.15) is 0 Å². The SMILES string of the molecule is CCOC(=O)N(C)c1ccc(NC(=O)CCC(=O)c2ccccc2)cc1. The number of rotatable bonds is 7. The average molecular weight is 354 g/mol. The summed E-state index contributed by atoms with van der Waals surface area (Å²) >= 11 is 0. The Morgan fingerprint density at radius 1 is 0.962 bits per heavy atom. The second kappa shape index (κ2) is 9.36. The smallest absolute Gasteiger partial charge is 0.413 e. The van der Waals surface area contributed by atoms with Crippen LogP contribution < -0.4 is 10.2 Å². The summed E-state index contributed by atoms with van der Waals surface area (Å²) in [6.45, 7) is 2.05. The Morgan fingerprint density at radius 3 is 2.23 bits per heavy atom. The highest BCUT2D eigenvalue weighted by Gasteiger charge is 2.12. The molecule has 0 heterocycles. The van der Waals surface area contributed by atoms with Gasteiger partial charge in [0.15, 0.2) is 5.78 Å². The number of nitrogens with one attached hydrogen (secondary N) is 1. The van der Waals surface area contributed by atoms with Gasteiger partial charge in [0.05, 0.1) is 6.61 Å². The Bertz CT molecular complexity index is 757. The molecule has 2 amide bonds. The molecule has 0 aliphatic carbocycles. The maximum atomic E-state index is 12.0. The molecular formula is C20H22N2O4. The van der Waals surface area contributed by atoms with Gasteiger partial charge in [0.2, 0.25) is 5.91 Å². The van der Waals surface area contributed by atoms with E-state index in [1.165, 1.54) is 4.90 Å². The molecule has 0 bridgehead atoms. The molecule has 26 heavy (non-hydrogen) atoms. The van der Waals surface area contributed by atoms with Gasteiger partial charge in [0.1, 0.15) is 0 Å². The molecule has 0 radical (unpaired) electrons. The highest BCUT2D eigenvalue weighted by atomic mass is 16.6. The highest BCUT2D eigenvalue weighted by Crippen LogP contribution is 2.18. The number of nitrogens with zero attached hydrogens (tertiary/aromatic N) is 1. The van der Waals surface area contributed by atoms with E-state index in [0.717, 1.165) is 0 Å². The Kier molecular flexibility index (Phi) is 6.91. The third kappa shape index (κ3) is 5.44. The molecule has 0 saturated heterocycles. The lowest BCUT2D eigenvalue weighted by Crippen LogP contribution is -2.26. The quantitative estimate of drug-likeness (QED) is 0.766. The molecule has 2 rings (SSSR count). The fourth-order valence-corrected chi connectivity index (χ4v) is 2.31. The van der Waals surface area contributed by atoms with Crippen LogP contribution in [-0.2, 0) is 9.53 Å². The number of carbonyl (C=O) groups excluding carboxylic acids is 3. The zero-order valence-electron chi connectivity index (χ0n) is 14.9. The lowest BCUT2D eigenvalue weighted by atomic mass is 10.1. The van der Waals surface area contributed by atoms with Gasteiger partial charge in [-0.15, -0.1) is 0 Å². The van der Waals surface area contributed by atoms with Gasteiger partial charge in [0.25, 0.3) is 0 Å². The van der Waals surface area contributed by atoms with Crippen LogP contribution in [-0.4, -0.2) is 31.4 Å². The molecule has 0 aromatic heterocycles. The van der Waals surface area contributed by atoms with Crippen molar-refractivity contribution in [1.29, 1.82) is 0 Å². The van der Waals surface area contributed by atoms with Crippen LogP contribution in [0.3, 0.4) is 0 Å². The fraction of sp³-hybridized carbons (Fsp3) is 0.250. The van der Waals surface area contributed by atoms with E-state index in [4.69, 9.17) is 4.74 Å². The van der Waals surface area contributed by atoms with Crippen LogP contribution in [0.2, 0.25) is 0 Å². The van der Waals surface area contributed by atoms with Crippen LogP contribution in [0, 0.1) is 0 Å². The molecule has 0 aliphatic rings. The fourth-order valence-electron chi connectivity index (χ4n) is 2.31. The summed E-state index contributed by atoms with van der Waals surface area (Å²) in [5.41, 5.74) is 1.86. The van der Waals surface area contributed by atoms with E-state index in [9.17, 15) is 14.4 Å². The molecule has 6 nitrogen and oxygen atoms in total. The van der Waals surface area contributed by atoms with Crippen molar-refractivity contribution in [2.24, 2.45) is 0 Å². The first-order valence-electron chi connectivity index (χ1n) is 8.40. The number of carbonyl (C=O) groups is 3. The summed E-state index contributed by atoms with van der Waals surface area (Å²) in [4.78, 5) is 37.1. The van der Waals surface area contributed by atoms with Gasteiger partial charge in [0, 0.05) is 36.8 Å². The molecule has 0 unspecified atom stereocenters. The molecule has 0 atom stereocenters. The highest BCUT2D eigenvalue weighted by molar-refractivity contribution is 6.00. The van der Waals surface area contributed by atoms with Crippen LogP contribution in [0.25, 0.3) is 0 Å². The van der Waals surface area contributed by atoms with Crippen molar-refractivity contribution in [2.75, 3.05) is 23.9 Å². The van der Waals surface area contributed by atoms with Crippen LogP contribution in [0.5, 0.6) is 0 Å². The average Bonchev–Trinajstić information content (AvgIpc) is 2.67. The predicted octanol–water partition coefficient (Wildman–Crippen LogP) is 3.88. The van der Waals surface area contributed by atoms with Crippen molar-refractivity contribution in [3.8, 4) is 0 Å². The molecule has 0 aliphatic heterocycles. The number of Topliss-reactive ketones (excluding diaryl/α,β-unsaturated/α-hetero) is 1. The Morgan fingerprint density at radius 2 is 1.62 bits per heavy atom. The summed E-state index contributed by atoms with van der Waals surface area (Å²) in [6.07, 6.45) is -0.179. The third-order valence-electron chi connectivity index (χ3n) is 3.75. The minimum absolute atomic E-state index is 0.0628. The van der Waals surface area contributed by atoms with Crippen LogP contribution in [0.1, 0.15) is 30.1 Å². The number of hydrogen-bond donors (Lipinski definition) is 1. The van der Waals surface area contributed by atoms with Gasteiger partial charge < -0.3 is 10.1 Å². The number of amides is 2. The van der Waals surface area contributed by atoms with Crippen molar-refractivity contribution in [3.05, 3.63) is 60.2 Å². The number of hydrogen-bond acceptors (Lipinski definition) is 4. The zero-order valence-corrected chi connectivity index (χ0v) is 14.9. The van der Waals surface area contributed by atoms with Gasteiger partial charge >= 0.3 is 6.09 Å². The summed E-state index contributed by atoms with van der Waals surface area (Å²) in [5.74, 6) is -0.298. The first-order valence-corrected chi connectivity index (χ1v) is 8.40. The largest absolute Gasteiger partial charge is 0.449 e. The lowest BCUT2D eigenvalue weighted by Gasteiger charge is -2.16. The molecule has 0 saturated carbocycles. The Balaban J connectivity index is 1.85. The Hall–Kier alpha value is -3.15. The van der Waals surface area contributed by atoms with Crippen molar-refractivity contribution < 1.29 is 19.1 Å². The molecule has 2 aromatic rings. The normalized spacial score (nSPS) is 10.1. The van der Waals surface area contributed by atoms with E-state index >= 15 is 0 Å². The van der Waals surface area contributed by atoms with E-state index in [1.54, 1.807) is 62.5 Å². The molecular weight excluding hydrogens is 332 g/mol. The lowest BCUT2D eigenvalue weighted by molar-refractivity contribution is -0.116. The van der Waals surface area contributed by atoms with Gasteiger partial charge in [-0.3, -0.25) is 14.5 Å². The zero-order chi connectivity index (χ0) is 18.9. The predicted molar refractivity (Wildman–Crippen MR) is 101 cm³/mol. The summed E-state index contributed by atoms with van der Waals surface area (Å²) in [7, 11) is 1.61. The standard InChI is InChI=1S/C20H22N2O4/c1-3-26-20(25)22(2)17-11-9-16(10-12-17)21-19(24)14-13-18(23)15-7-5-4-6-8-15/h4-12H,3,13-14H2,1-2H3,(H,21,24). The van der Waals surface area contributed by atoms with Crippen LogP contribution >= 0.6 is 0 Å². The molecule has 136 valence electrons.